The van der Waals surface area contributed by atoms with Crippen molar-refractivity contribution < 1.29 is 9.59 Å². The van der Waals surface area contributed by atoms with E-state index in [1.54, 1.807) is 36.5 Å². The van der Waals surface area contributed by atoms with Crippen molar-refractivity contribution in [1.29, 1.82) is 0 Å². The summed E-state index contributed by atoms with van der Waals surface area (Å²) < 4.78 is 1.82. The number of amides is 3. The lowest BCUT2D eigenvalue weighted by Gasteiger charge is -2.32. The second-order valence-electron chi connectivity index (χ2n) is 6.19. The van der Waals surface area contributed by atoms with E-state index in [9.17, 15) is 9.59 Å². The van der Waals surface area contributed by atoms with Gasteiger partial charge in [0, 0.05) is 25.6 Å². The van der Waals surface area contributed by atoms with Crippen LogP contribution in [-0.2, 0) is 4.79 Å². The Morgan fingerprint density at radius 2 is 1.92 bits per heavy atom. The Labute approximate surface area is 157 Å². The lowest BCUT2D eigenvalue weighted by molar-refractivity contribution is -0.132. The third-order valence-corrected chi connectivity index (χ3v) is 4.83. The molecule has 0 atom stereocenters. The van der Waals surface area contributed by atoms with Gasteiger partial charge in [-0.3, -0.25) is 10.1 Å². The van der Waals surface area contributed by atoms with Gasteiger partial charge in [-0.15, -0.1) is 0 Å². The van der Waals surface area contributed by atoms with Crippen LogP contribution in [0.1, 0.15) is 32.2 Å². The Hall–Kier alpha value is -2.54. The number of urea groups is 1. The summed E-state index contributed by atoms with van der Waals surface area (Å²) in [6, 6.07) is 8.59. The van der Waals surface area contributed by atoms with Gasteiger partial charge in [0.05, 0.1) is 22.9 Å². The molecule has 3 rings (SSSR count). The van der Waals surface area contributed by atoms with Crippen molar-refractivity contribution in [3.8, 4) is 0 Å². The summed E-state index contributed by atoms with van der Waals surface area (Å²) in [6.07, 6.45) is 3.82. The average molecular weight is 376 g/mol. The fraction of sp³-hybridized carbons (Fsp3) is 0.389. The number of nitrogens with one attached hydrogen (secondary N) is 2. The number of aromatic nitrogens is 2. The summed E-state index contributed by atoms with van der Waals surface area (Å²) in [5, 5.41) is 10.4. The van der Waals surface area contributed by atoms with Crippen molar-refractivity contribution in [2.24, 2.45) is 0 Å². The van der Waals surface area contributed by atoms with Crippen molar-refractivity contribution in [3.63, 3.8) is 0 Å². The van der Waals surface area contributed by atoms with Crippen LogP contribution in [0.15, 0.2) is 36.5 Å². The van der Waals surface area contributed by atoms with Gasteiger partial charge < -0.3 is 10.2 Å². The van der Waals surface area contributed by atoms with Crippen molar-refractivity contribution in [1.82, 2.24) is 14.7 Å². The Balaban J connectivity index is 1.61. The van der Waals surface area contributed by atoms with Crippen molar-refractivity contribution in [2.75, 3.05) is 23.7 Å². The number of para-hydroxylation sites is 1. The Morgan fingerprint density at radius 3 is 2.62 bits per heavy atom. The fourth-order valence-corrected chi connectivity index (χ4v) is 3.30. The van der Waals surface area contributed by atoms with Gasteiger partial charge in [-0.1, -0.05) is 30.7 Å². The van der Waals surface area contributed by atoms with Crippen LogP contribution in [0.3, 0.4) is 0 Å². The topological polar surface area (TPSA) is 79.3 Å². The molecule has 1 aliphatic heterocycles. The number of hydrogen-bond donors (Lipinski definition) is 2. The van der Waals surface area contributed by atoms with E-state index < -0.39 is 0 Å². The molecule has 2 aromatic rings. The third-order valence-electron chi connectivity index (χ3n) is 4.50. The number of benzene rings is 1. The van der Waals surface area contributed by atoms with Gasteiger partial charge in [0.1, 0.15) is 5.82 Å². The highest BCUT2D eigenvalue weighted by Crippen LogP contribution is 2.26. The fourth-order valence-electron chi connectivity index (χ4n) is 3.12. The number of halogens is 1. The maximum atomic E-state index is 12.3. The van der Waals surface area contributed by atoms with Gasteiger partial charge in [-0.05, 0) is 25.0 Å². The molecule has 1 aromatic carbocycles. The van der Waals surface area contributed by atoms with Gasteiger partial charge in [0.25, 0.3) is 0 Å². The van der Waals surface area contributed by atoms with E-state index in [4.69, 9.17) is 11.6 Å². The summed E-state index contributed by atoms with van der Waals surface area (Å²) >= 11 is 6.06. The predicted octanol–water partition coefficient (Wildman–Crippen LogP) is 3.75. The highest BCUT2D eigenvalue weighted by molar-refractivity contribution is 6.33. The van der Waals surface area contributed by atoms with Crippen LogP contribution in [-0.4, -0.2) is 39.7 Å². The minimum absolute atomic E-state index is 0.154. The maximum absolute atomic E-state index is 12.3. The van der Waals surface area contributed by atoms with Crippen molar-refractivity contribution >= 4 is 35.0 Å². The van der Waals surface area contributed by atoms with Gasteiger partial charge in [-0.25, -0.2) is 9.48 Å². The van der Waals surface area contributed by atoms with E-state index in [0.717, 1.165) is 12.8 Å². The molecule has 1 aliphatic rings. The molecular formula is C18H22ClN5O2. The summed E-state index contributed by atoms with van der Waals surface area (Å²) in [6.45, 7) is 3.30. The van der Waals surface area contributed by atoms with Crippen LogP contribution in [0, 0.1) is 0 Å². The molecule has 0 aliphatic carbocycles. The molecule has 0 radical (unpaired) electrons. The molecule has 0 spiro atoms. The van der Waals surface area contributed by atoms with Gasteiger partial charge in [0.2, 0.25) is 5.91 Å². The Kier molecular flexibility index (Phi) is 5.78. The molecule has 0 bridgehead atoms. The SMILES string of the molecule is CCC(=O)N1CCC(n2nccc2NC(=O)Nc2ccccc2Cl)CC1. The molecule has 8 heteroatoms. The first-order chi connectivity index (χ1) is 12.6. The summed E-state index contributed by atoms with van der Waals surface area (Å²) in [4.78, 5) is 26.0. The third kappa shape index (κ3) is 4.16. The van der Waals surface area contributed by atoms with Crippen LogP contribution < -0.4 is 10.6 Å². The standard InChI is InChI=1S/C18H22ClN5O2/c1-2-17(25)23-11-8-13(9-12-23)24-16(7-10-20-24)22-18(26)21-15-6-4-3-5-14(15)19/h3-7,10,13H,2,8-9,11-12H2,1H3,(H2,21,22,26). The van der Waals surface area contributed by atoms with Crippen LogP contribution in [0.5, 0.6) is 0 Å². The molecule has 7 nitrogen and oxygen atoms in total. The molecule has 2 heterocycles. The van der Waals surface area contributed by atoms with E-state index >= 15 is 0 Å². The van der Waals surface area contributed by atoms with Crippen LogP contribution in [0.25, 0.3) is 0 Å². The van der Waals surface area contributed by atoms with E-state index in [0.29, 0.717) is 36.0 Å². The molecule has 26 heavy (non-hydrogen) atoms. The zero-order valence-corrected chi connectivity index (χ0v) is 15.4. The van der Waals surface area contributed by atoms with E-state index in [-0.39, 0.29) is 18.0 Å². The van der Waals surface area contributed by atoms with Crippen molar-refractivity contribution in [3.05, 3.63) is 41.6 Å². The van der Waals surface area contributed by atoms with E-state index in [1.807, 2.05) is 16.5 Å². The number of carbonyl (C=O) groups excluding carboxylic acids is 2. The average Bonchev–Trinajstić information content (AvgIpc) is 3.11. The van der Waals surface area contributed by atoms with Crippen LogP contribution >= 0.6 is 11.6 Å². The second-order valence-corrected chi connectivity index (χ2v) is 6.59. The first kappa shape index (κ1) is 18.3. The molecule has 138 valence electrons. The lowest BCUT2D eigenvalue weighted by atomic mass is 10.0. The second kappa shape index (κ2) is 8.23. The number of likely N-dealkylation sites (tertiary alicyclic amines) is 1. The summed E-state index contributed by atoms with van der Waals surface area (Å²) in [7, 11) is 0. The molecule has 1 aromatic heterocycles. The van der Waals surface area contributed by atoms with Crippen LogP contribution in [0.2, 0.25) is 5.02 Å². The van der Waals surface area contributed by atoms with Gasteiger partial charge in [0.15, 0.2) is 0 Å². The first-order valence-corrected chi connectivity index (χ1v) is 9.10. The highest BCUT2D eigenvalue weighted by atomic mass is 35.5. The predicted molar refractivity (Wildman–Crippen MR) is 101 cm³/mol. The minimum atomic E-state index is -0.376. The number of carbonyl (C=O) groups is 2. The maximum Gasteiger partial charge on any atom is 0.324 e. The summed E-state index contributed by atoms with van der Waals surface area (Å²) in [5.41, 5.74) is 0.545. The number of piperidine rings is 1. The van der Waals surface area contributed by atoms with E-state index in [1.165, 1.54) is 0 Å². The molecule has 1 fully saturated rings. The minimum Gasteiger partial charge on any atom is -0.343 e. The summed E-state index contributed by atoms with van der Waals surface area (Å²) in [5.74, 6) is 0.802. The zero-order valence-electron chi connectivity index (χ0n) is 14.6. The molecule has 3 amide bonds. The van der Waals surface area contributed by atoms with Crippen LogP contribution in [0.4, 0.5) is 16.3 Å². The van der Waals surface area contributed by atoms with Gasteiger partial charge >= 0.3 is 6.03 Å². The van der Waals surface area contributed by atoms with Crippen molar-refractivity contribution in [2.45, 2.75) is 32.2 Å². The zero-order chi connectivity index (χ0) is 18.5. The lowest BCUT2D eigenvalue weighted by Crippen LogP contribution is -2.39. The Morgan fingerprint density at radius 1 is 1.19 bits per heavy atom. The molecule has 0 unspecified atom stereocenters. The van der Waals surface area contributed by atoms with E-state index in [2.05, 4.69) is 15.7 Å². The monoisotopic (exact) mass is 375 g/mol. The quantitative estimate of drug-likeness (QED) is 0.854. The number of rotatable bonds is 4. The Bertz CT molecular complexity index is 783. The number of nitrogens with zero attached hydrogens (tertiary/aromatic N) is 3. The normalized spacial score (nSPS) is 14.9. The molecular weight excluding hydrogens is 354 g/mol. The first-order valence-electron chi connectivity index (χ1n) is 8.72. The molecule has 0 saturated carbocycles. The molecule has 1 saturated heterocycles. The number of hydrogen-bond acceptors (Lipinski definition) is 3. The molecule has 2 N–H and O–H groups in total. The highest BCUT2D eigenvalue weighted by Gasteiger charge is 2.25. The largest absolute Gasteiger partial charge is 0.343 e. The number of anilines is 2. The smallest absolute Gasteiger partial charge is 0.324 e. The van der Waals surface area contributed by atoms with Gasteiger partial charge in [-0.2, -0.15) is 5.10 Å².